The van der Waals surface area contributed by atoms with Crippen LogP contribution in [0.15, 0.2) is 18.2 Å². The van der Waals surface area contributed by atoms with Crippen molar-refractivity contribution in [2.75, 3.05) is 13.2 Å². The molecule has 0 aliphatic heterocycles. The van der Waals surface area contributed by atoms with Crippen LogP contribution in [0, 0.1) is 17.7 Å². The minimum atomic E-state index is -0.688. The fraction of sp³-hybridized carbons (Fsp3) is 0.500. The molecule has 2 amide bonds. The highest BCUT2D eigenvalue weighted by molar-refractivity contribution is 5.74. The first kappa shape index (κ1) is 23.2. The molecule has 0 heterocycles. The van der Waals surface area contributed by atoms with E-state index < -0.39 is 29.5 Å². The number of hydrogen-bond donors (Lipinski definition) is 3. The zero-order valence-electron chi connectivity index (χ0n) is 16.4. The Balaban J connectivity index is 2.81. The van der Waals surface area contributed by atoms with Gasteiger partial charge in [-0.2, -0.15) is 0 Å². The number of primary amides is 1. The molecule has 0 spiro atoms. The van der Waals surface area contributed by atoms with Gasteiger partial charge in [-0.1, -0.05) is 17.9 Å². The summed E-state index contributed by atoms with van der Waals surface area (Å²) in [5.74, 6) is 4.07. The Bertz CT molecular complexity index is 734. The standard InChI is InChI=1S/C20H27FN2O5/c1-20(2,3)28-19(26)23-15(10-11-17(22)25)13-27-16-9-6-8-14(18(16)21)7-4-5-12-24/h6,8-9,15,24H,5,10-13H2,1-3H3,(H2,22,25)(H,23,26)/t15-/m0/s1. The maximum absolute atomic E-state index is 14.5. The van der Waals surface area contributed by atoms with Crippen molar-refractivity contribution < 1.29 is 28.6 Å². The van der Waals surface area contributed by atoms with Gasteiger partial charge in [-0.25, -0.2) is 9.18 Å². The van der Waals surface area contributed by atoms with Gasteiger partial charge in [0.2, 0.25) is 5.91 Å². The Labute approximate surface area is 164 Å². The lowest BCUT2D eigenvalue weighted by molar-refractivity contribution is -0.118. The molecule has 154 valence electrons. The van der Waals surface area contributed by atoms with E-state index in [-0.39, 0.29) is 43.8 Å². The molecule has 0 aromatic heterocycles. The van der Waals surface area contributed by atoms with E-state index >= 15 is 0 Å². The highest BCUT2D eigenvalue weighted by Gasteiger charge is 2.21. The summed E-state index contributed by atoms with van der Waals surface area (Å²) in [6, 6.07) is 3.91. The predicted octanol–water partition coefficient (Wildman–Crippen LogP) is 2.10. The van der Waals surface area contributed by atoms with Gasteiger partial charge < -0.3 is 25.6 Å². The van der Waals surface area contributed by atoms with Gasteiger partial charge in [0.25, 0.3) is 0 Å². The summed E-state index contributed by atoms with van der Waals surface area (Å²) >= 11 is 0. The maximum Gasteiger partial charge on any atom is 0.407 e. The second kappa shape index (κ2) is 11.1. The normalized spacial score (nSPS) is 11.8. The van der Waals surface area contributed by atoms with Crippen LogP contribution in [0.4, 0.5) is 9.18 Å². The lowest BCUT2D eigenvalue weighted by Crippen LogP contribution is -2.42. The van der Waals surface area contributed by atoms with E-state index in [9.17, 15) is 14.0 Å². The van der Waals surface area contributed by atoms with E-state index in [0.29, 0.717) is 0 Å². The van der Waals surface area contributed by atoms with E-state index in [1.54, 1.807) is 26.8 Å². The molecule has 1 atom stereocenters. The van der Waals surface area contributed by atoms with Crippen molar-refractivity contribution in [1.82, 2.24) is 5.32 Å². The monoisotopic (exact) mass is 394 g/mol. The lowest BCUT2D eigenvalue weighted by atomic mass is 10.1. The van der Waals surface area contributed by atoms with Gasteiger partial charge in [0.05, 0.1) is 18.2 Å². The molecule has 1 aromatic rings. The predicted molar refractivity (Wildman–Crippen MR) is 102 cm³/mol. The van der Waals surface area contributed by atoms with E-state index in [4.69, 9.17) is 20.3 Å². The molecule has 28 heavy (non-hydrogen) atoms. The summed E-state index contributed by atoms with van der Waals surface area (Å²) in [7, 11) is 0. The molecular formula is C20H27FN2O5. The number of ether oxygens (including phenoxy) is 2. The van der Waals surface area contributed by atoms with E-state index in [1.165, 1.54) is 12.1 Å². The number of aliphatic hydroxyl groups is 1. The van der Waals surface area contributed by atoms with Crippen LogP contribution in [0.5, 0.6) is 5.75 Å². The fourth-order valence-electron chi connectivity index (χ4n) is 2.11. The third-order valence-electron chi connectivity index (χ3n) is 3.32. The Kier molecular flexibility index (Phi) is 9.25. The van der Waals surface area contributed by atoms with Crippen molar-refractivity contribution >= 4 is 12.0 Å². The van der Waals surface area contributed by atoms with E-state index in [1.807, 2.05) is 0 Å². The summed E-state index contributed by atoms with van der Waals surface area (Å²) < 4.78 is 25.2. The fourth-order valence-corrected chi connectivity index (χ4v) is 2.11. The van der Waals surface area contributed by atoms with Crippen LogP contribution in [-0.4, -0.2) is 42.0 Å². The summed E-state index contributed by atoms with van der Waals surface area (Å²) in [6.45, 7) is 4.97. The number of alkyl carbamates (subject to hydrolysis) is 1. The summed E-state index contributed by atoms with van der Waals surface area (Å²) in [5, 5.41) is 11.3. The summed E-state index contributed by atoms with van der Waals surface area (Å²) in [4.78, 5) is 23.0. The van der Waals surface area contributed by atoms with Crippen LogP contribution in [0.1, 0.15) is 45.6 Å². The molecular weight excluding hydrogens is 367 g/mol. The molecule has 0 aliphatic carbocycles. The zero-order chi connectivity index (χ0) is 21.2. The molecule has 4 N–H and O–H groups in total. The molecule has 7 nitrogen and oxygen atoms in total. The van der Waals surface area contributed by atoms with E-state index in [0.717, 1.165) is 0 Å². The van der Waals surface area contributed by atoms with Crippen LogP contribution in [0.3, 0.4) is 0 Å². The van der Waals surface area contributed by atoms with Gasteiger partial charge in [-0.15, -0.1) is 0 Å². The number of benzene rings is 1. The van der Waals surface area contributed by atoms with Crippen molar-refractivity contribution in [2.45, 2.75) is 51.7 Å². The SMILES string of the molecule is CC(C)(C)OC(=O)N[C@@H](CCC(N)=O)COc1cccc(C#CCCO)c1F. The molecule has 1 aromatic carbocycles. The number of nitrogens with one attached hydrogen (secondary N) is 1. The van der Waals surface area contributed by atoms with Crippen LogP contribution >= 0.6 is 0 Å². The zero-order valence-corrected chi connectivity index (χ0v) is 16.4. The average molecular weight is 394 g/mol. The van der Waals surface area contributed by atoms with Gasteiger partial charge >= 0.3 is 6.09 Å². The highest BCUT2D eigenvalue weighted by Crippen LogP contribution is 2.20. The van der Waals surface area contributed by atoms with Gasteiger partial charge in [0.1, 0.15) is 12.2 Å². The quantitative estimate of drug-likeness (QED) is 0.585. The molecule has 8 heteroatoms. The second-order valence-corrected chi connectivity index (χ2v) is 7.05. The number of nitrogens with two attached hydrogens (primary N) is 1. The minimum Gasteiger partial charge on any atom is -0.488 e. The van der Waals surface area contributed by atoms with Crippen molar-refractivity contribution in [2.24, 2.45) is 5.73 Å². The van der Waals surface area contributed by atoms with Crippen molar-refractivity contribution in [1.29, 1.82) is 0 Å². The first-order valence-corrected chi connectivity index (χ1v) is 8.91. The molecule has 0 bridgehead atoms. The highest BCUT2D eigenvalue weighted by atomic mass is 19.1. The van der Waals surface area contributed by atoms with Crippen LogP contribution < -0.4 is 15.8 Å². The minimum absolute atomic E-state index is 0.0268. The van der Waals surface area contributed by atoms with Gasteiger partial charge in [-0.3, -0.25) is 4.79 Å². The lowest BCUT2D eigenvalue weighted by Gasteiger charge is -2.23. The summed E-state index contributed by atoms with van der Waals surface area (Å²) in [5.41, 5.74) is 4.62. The van der Waals surface area contributed by atoms with Gasteiger partial charge in [0, 0.05) is 12.8 Å². The third-order valence-corrected chi connectivity index (χ3v) is 3.32. The first-order chi connectivity index (χ1) is 13.1. The Morgan fingerprint density at radius 2 is 2.07 bits per heavy atom. The Morgan fingerprint density at radius 3 is 2.68 bits per heavy atom. The van der Waals surface area contributed by atoms with Gasteiger partial charge in [-0.05, 0) is 39.3 Å². The Morgan fingerprint density at radius 1 is 1.36 bits per heavy atom. The van der Waals surface area contributed by atoms with Crippen molar-refractivity contribution in [3.63, 3.8) is 0 Å². The maximum atomic E-state index is 14.5. The number of carbonyl (C=O) groups is 2. The number of amides is 2. The molecule has 0 saturated heterocycles. The second-order valence-electron chi connectivity index (χ2n) is 7.05. The first-order valence-electron chi connectivity index (χ1n) is 8.91. The van der Waals surface area contributed by atoms with Crippen LogP contribution in [0.25, 0.3) is 0 Å². The number of hydrogen-bond acceptors (Lipinski definition) is 5. The largest absolute Gasteiger partial charge is 0.488 e. The smallest absolute Gasteiger partial charge is 0.407 e. The Hall–Kier alpha value is -2.79. The van der Waals surface area contributed by atoms with Crippen molar-refractivity contribution in [3.05, 3.63) is 29.6 Å². The molecule has 1 rings (SSSR count). The van der Waals surface area contributed by atoms with Gasteiger partial charge in [0.15, 0.2) is 11.6 Å². The molecule has 0 aliphatic rings. The molecule has 0 saturated carbocycles. The van der Waals surface area contributed by atoms with Crippen molar-refractivity contribution in [3.8, 4) is 17.6 Å². The van der Waals surface area contributed by atoms with Crippen LogP contribution in [0.2, 0.25) is 0 Å². The topological polar surface area (TPSA) is 111 Å². The van der Waals surface area contributed by atoms with E-state index in [2.05, 4.69) is 17.2 Å². The number of aliphatic hydroxyl groups excluding tert-OH is 1. The molecule has 0 radical (unpaired) electrons. The average Bonchev–Trinajstić information content (AvgIpc) is 2.58. The molecule has 0 unspecified atom stereocenters. The summed E-state index contributed by atoms with van der Waals surface area (Å²) in [6.07, 6.45) is -0.195. The van der Waals surface area contributed by atoms with Crippen LogP contribution in [-0.2, 0) is 9.53 Å². The number of carbonyl (C=O) groups excluding carboxylic acids is 2. The molecule has 0 fully saturated rings. The number of halogens is 1. The third kappa shape index (κ3) is 9.24. The number of rotatable bonds is 8.